The van der Waals surface area contributed by atoms with Gasteiger partial charge in [-0.3, -0.25) is 4.98 Å². The standard InChI is InChI=1S/C30H15BN2O3.Pt/c1-2-8-26-23(7-1)33-30(36-26)19-12-14-25-21(17-19)31-20-16-18(22-6-3-4-15-32-22)11-13-24(20)34-27-9-5-10-28(35-25)29(27)31;/h1-15H;/q-2;+2. The zero-order valence-electron chi connectivity index (χ0n) is 19.2. The van der Waals surface area contributed by atoms with Crippen LogP contribution in [0.25, 0.3) is 33.8 Å². The van der Waals surface area contributed by atoms with Crippen LogP contribution >= 0.6 is 0 Å². The number of pyridine rings is 1. The Hall–Kier alpha value is -4.15. The average molecular weight is 657 g/mol. The summed E-state index contributed by atoms with van der Waals surface area (Å²) in [6.07, 6.45) is 1.79. The summed E-state index contributed by atoms with van der Waals surface area (Å²) >= 11 is 0. The largest absolute Gasteiger partial charge is 2.00 e. The number of rotatable bonds is 2. The quantitative estimate of drug-likeness (QED) is 0.196. The topological polar surface area (TPSA) is 57.4 Å². The van der Waals surface area contributed by atoms with Crippen LogP contribution in [0.1, 0.15) is 0 Å². The Morgan fingerprint density at radius 3 is 2.08 bits per heavy atom. The smallest absolute Gasteiger partial charge is 0.503 e. The van der Waals surface area contributed by atoms with Gasteiger partial charge in [0.05, 0.1) is 5.52 Å². The molecular weight excluding hydrogens is 642 g/mol. The molecule has 8 rings (SSSR count). The van der Waals surface area contributed by atoms with Crippen LogP contribution in [-0.4, -0.2) is 16.7 Å². The normalized spacial score (nSPS) is 12.5. The molecule has 0 unspecified atom stereocenters. The molecule has 0 aliphatic carbocycles. The molecule has 7 heteroatoms. The number of ether oxygens (including phenoxy) is 2. The van der Waals surface area contributed by atoms with Gasteiger partial charge in [0, 0.05) is 23.2 Å². The predicted octanol–water partition coefficient (Wildman–Crippen LogP) is 4.88. The molecule has 4 aromatic carbocycles. The van der Waals surface area contributed by atoms with E-state index in [4.69, 9.17) is 13.9 Å². The number of hydrogen-bond acceptors (Lipinski definition) is 5. The predicted molar refractivity (Wildman–Crippen MR) is 138 cm³/mol. The second-order valence-corrected chi connectivity index (χ2v) is 8.81. The van der Waals surface area contributed by atoms with Crippen LogP contribution < -0.4 is 25.9 Å². The molecule has 0 saturated heterocycles. The van der Waals surface area contributed by atoms with E-state index in [0.717, 1.165) is 67.3 Å². The van der Waals surface area contributed by atoms with E-state index in [1.54, 1.807) is 6.20 Å². The Morgan fingerprint density at radius 2 is 1.35 bits per heavy atom. The maximum atomic E-state index is 6.32. The molecule has 0 fully saturated rings. The summed E-state index contributed by atoms with van der Waals surface area (Å²) in [5.41, 5.74) is 6.88. The Kier molecular flexibility index (Phi) is 5.05. The Morgan fingerprint density at radius 1 is 0.649 bits per heavy atom. The van der Waals surface area contributed by atoms with Gasteiger partial charge in [0.2, 0.25) is 6.71 Å². The molecule has 6 aromatic rings. The summed E-state index contributed by atoms with van der Waals surface area (Å²) < 4.78 is 18.7. The monoisotopic (exact) mass is 657 g/mol. The second-order valence-electron chi connectivity index (χ2n) is 8.81. The minimum absolute atomic E-state index is 0. The molecule has 4 heterocycles. The van der Waals surface area contributed by atoms with Gasteiger partial charge in [-0.25, -0.2) is 0 Å². The summed E-state index contributed by atoms with van der Waals surface area (Å²) in [5.74, 6) is 3.58. The van der Waals surface area contributed by atoms with Gasteiger partial charge in [-0.05, 0) is 36.0 Å². The minimum Gasteiger partial charge on any atom is -0.503 e. The Balaban J connectivity index is 0.00000231. The molecule has 2 aromatic heterocycles. The van der Waals surface area contributed by atoms with Crippen LogP contribution in [0.15, 0.2) is 95.5 Å². The first-order valence-electron chi connectivity index (χ1n) is 11.7. The van der Waals surface area contributed by atoms with Crippen molar-refractivity contribution in [3.05, 3.63) is 103 Å². The van der Waals surface area contributed by atoms with Crippen molar-refractivity contribution >= 4 is 34.2 Å². The molecule has 0 saturated carbocycles. The van der Waals surface area contributed by atoms with Crippen LogP contribution in [0.4, 0.5) is 0 Å². The number of fused-ring (bicyclic) bond motifs is 5. The third-order valence-electron chi connectivity index (χ3n) is 6.67. The van der Waals surface area contributed by atoms with Gasteiger partial charge in [-0.15, -0.1) is 52.9 Å². The second kappa shape index (κ2) is 8.46. The van der Waals surface area contributed by atoms with E-state index in [1.807, 2.05) is 84.9 Å². The molecule has 0 N–H and O–H groups in total. The molecule has 0 radical (unpaired) electrons. The van der Waals surface area contributed by atoms with Crippen LogP contribution in [0.2, 0.25) is 0 Å². The SMILES string of the molecule is [Pt+2].[c-]1c(-c2ccccn2)ccc2c1B1c3[c-]c(-c4nc5ccccc5o4)ccc3Oc3cccc(c31)O2. The third kappa shape index (κ3) is 3.44. The van der Waals surface area contributed by atoms with Crippen molar-refractivity contribution in [1.82, 2.24) is 9.97 Å². The zero-order chi connectivity index (χ0) is 23.6. The molecule has 2 aliphatic heterocycles. The van der Waals surface area contributed by atoms with Gasteiger partial charge in [0.15, 0.2) is 0 Å². The summed E-state index contributed by atoms with van der Waals surface area (Å²) in [7, 11) is 0. The molecule has 0 bridgehead atoms. The van der Waals surface area contributed by atoms with E-state index >= 15 is 0 Å². The van der Waals surface area contributed by atoms with Crippen molar-refractivity contribution < 1.29 is 35.0 Å². The van der Waals surface area contributed by atoms with Crippen molar-refractivity contribution in [2.24, 2.45) is 0 Å². The number of nitrogens with zero attached hydrogens (tertiary/aromatic N) is 2. The van der Waals surface area contributed by atoms with E-state index in [-0.39, 0.29) is 27.8 Å². The van der Waals surface area contributed by atoms with Crippen molar-refractivity contribution in [1.29, 1.82) is 0 Å². The number of aromatic nitrogens is 2. The number of oxazole rings is 1. The maximum absolute atomic E-state index is 6.32. The van der Waals surface area contributed by atoms with Gasteiger partial charge in [-0.1, -0.05) is 35.9 Å². The van der Waals surface area contributed by atoms with Crippen LogP contribution in [0.5, 0.6) is 23.0 Å². The van der Waals surface area contributed by atoms with E-state index in [2.05, 4.69) is 22.1 Å². The van der Waals surface area contributed by atoms with E-state index in [0.29, 0.717) is 5.89 Å². The molecular formula is C30H15BN2O3Pt. The summed E-state index contributed by atoms with van der Waals surface area (Å²) in [6, 6.07) is 34.6. The van der Waals surface area contributed by atoms with Gasteiger partial charge in [0.25, 0.3) is 0 Å². The van der Waals surface area contributed by atoms with Crippen LogP contribution in [0, 0.1) is 12.1 Å². The Labute approximate surface area is 227 Å². The van der Waals surface area contributed by atoms with Crippen molar-refractivity contribution in [3.8, 4) is 45.7 Å². The first kappa shape index (κ1) is 22.1. The third-order valence-corrected chi connectivity index (χ3v) is 6.67. The van der Waals surface area contributed by atoms with E-state index < -0.39 is 0 Å². The molecule has 37 heavy (non-hydrogen) atoms. The van der Waals surface area contributed by atoms with Crippen LogP contribution in [0.3, 0.4) is 0 Å². The first-order valence-corrected chi connectivity index (χ1v) is 11.7. The molecule has 0 amide bonds. The van der Waals surface area contributed by atoms with Crippen molar-refractivity contribution in [3.63, 3.8) is 0 Å². The number of benzene rings is 4. The minimum atomic E-state index is -0.170. The van der Waals surface area contributed by atoms with Crippen LogP contribution in [-0.2, 0) is 21.1 Å². The van der Waals surface area contributed by atoms with Gasteiger partial charge in [-0.2, -0.15) is 0 Å². The van der Waals surface area contributed by atoms with Crippen molar-refractivity contribution in [2.75, 3.05) is 0 Å². The average Bonchev–Trinajstić information content (AvgIpc) is 3.37. The fourth-order valence-electron chi connectivity index (χ4n) is 5.04. The summed E-state index contributed by atoms with van der Waals surface area (Å²) in [4.78, 5) is 9.20. The molecule has 2 aliphatic rings. The van der Waals surface area contributed by atoms with Gasteiger partial charge < -0.3 is 18.9 Å². The number of para-hydroxylation sites is 2. The summed E-state index contributed by atoms with van der Waals surface area (Å²) in [6.45, 7) is -0.170. The van der Waals surface area contributed by atoms with E-state index in [9.17, 15) is 0 Å². The fraction of sp³-hybridized carbons (Fsp3) is 0. The van der Waals surface area contributed by atoms with Gasteiger partial charge >= 0.3 is 21.1 Å². The molecule has 0 spiro atoms. The molecule has 176 valence electrons. The maximum Gasteiger partial charge on any atom is 2.00 e. The Bertz CT molecular complexity index is 1770. The zero-order valence-corrected chi connectivity index (χ0v) is 21.4. The fourth-order valence-corrected chi connectivity index (χ4v) is 5.04. The first-order chi connectivity index (χ1) is 17.8. The van der Waals surface area contributed by atoms with Crippen molar-refractivity contribution in [2.45, 2.75) is 0 Å². The van der Waals surface area contributed by atoms with E-state index in [1.165, 1.54) is 0 Å². The molecule has 5 nitrogen and oxygen atoms in total. The van der Waals surface area contributed by atoms with Gasteiger partial charge in [0.1, 0.15) is 23.0 Å². The summed E-state index contributed by atoms with van der Waals surface area (Å²) in [5, 5.41) is 0. The molecule has 0 atom stereocenters. The number of hydrogen-bond donors (Lipinski definition) is 0.